The molecule has 1 aromatic carbocycles. The molecule has 10 heteroatoms. The van der Waals surface area contributed by atoms with Gasteiger partial charge in [0.1, 0.15) is 5.82 Å². The van der Waals surface area contributed by atoms with E-state index in [1.54, 1.807) is 0 Å². The molecule has 2 atom stereocenters. The highest BCUT2D eigenvalue weighted by Gasteiger charge is 2.38. The highest BCUT2D eigenvalue weighted by Crippen LogP contribution is 2.24. The van der Waals surface area contributed by atoms with Crippen molar-refractivity contribution in [2.75, 3.05) is 33.1 Å². The van der Waals surface area contributed by atoms with Crippen LogP contribution in [0.15, 0.2) is 12.1 Å². The number of ether oxygens (including phenoxy) is 2. The van der Waals surface area contributed by atoms with Crippen LogP contribution in [0.2, 0.25) is 0 Å². The molecule has 0 spiro atoms. The lowest BCUT2D eigenvalue weighted by molar-refractivity contribution is -0.135. The number of aryl methyl sites for hydroxylation is 1. The average molecular weight is 392 g/mol. The van der Waals surface area contributed by atoms with Crippen LogP contribution >= 0.6 is 0 Å². The zero-order valence-corrected chi connectivity index (χ0v) is 15.6. The van der Waals surface area contributed by atoms with E-state index in [0.717, 1.165) is 12.3 Å². The third kappa shape index (κ3) is 5.12. The molecule has 0 radical (unpaired) electrons. The molecule has 1 amide bonds. The van der Waals surface area contributed by atoms with Crippen LogP contribution in [-0.2, 0) is 19.6 Å². The smallest absolute Gasteiger partial charge is 0.260 e. The lowest BCUT2D eigenvalue weighted by Gasteiger charge is -2.27. The number of nitrogens with one attached hydrogen (secondary N) is 1. The Kier molecular flexibility index (Phi) is 6.53. The molecule has 0 bridgehead atoms. The summed E-state index contributed by atoms with van der Waals surface area (Å²) in [7, 11) is -1.99. The Labute approximate surface area is 151 Å². The van der Waals surface area contributed by atoms with Crippen LogP contribution < -0.4 is 9.46 Å². The summed E-state index contributed by atoms with van der Waals surface area (Å²) in [4.78, 5) is 13.9. The minimum absolute atomic E-state index is 0.142. The van der Waals surface area contributed by atoms with Crippen molar-refractivity contribution >= 4 is 15.9 Å². The second-order valence-corrected chi connectivity index (χ2v) is 8.00. The van der Waals surface area contributed by atoms with E-state index in [9.17, 15) is 22.0 Å². The summed E-state index contributed by atoms with van der Waals surface area (Å²) in [6.07, 6.45) is 1.47. The zero-order chi connectivity index (χ0) is 19.5. The lowest BCUT2D eigenvalue weighted by atomic mass is 10.1. The molecule has 0 aliphatic carbocycles. The number of nitrogens with zero attached hydrogens (tertiary/aromatic N) is 1. The number of hydrogen-bond donors (Lipinski definition) is 1. The normalized spacial score (nSPS) is 20.4. The maximum Gasteiger partial charge on any atom is 0.260 e. The SMILES string of the molecule is COCC1[C@@H](NS(C)(=O)=O)CCN1C(=O)COc1c(C)cc(F)cc1F. The van der Waals surface area contributed by atoms with Crippen molar-refractivity contribution in [1.82, 2.24) is 9.62 Å². The van der Waals surface area contributed by atoms with E-state index < -0.39 is 46.3 Å². The van der Waals surface area contributed by atoms with E-state index in [1.165, 1.54) is 18.9 Å². The topological polar surface area (TPSA) is 84.9 Å². The van der Waals surface area contributed by atoms with Gasteiger partial charge in [0.2, 0.25) is 10.0 Å². The molecule has 0 saturated carbocycles. The number of amides is 1. The fourth-order valence-electron chi connectivity index (χ4n) is 3.04. The van der Waals surface area contributed by atoms with Crippen LogP contribution in [0.3, 0.4) is 0 Å². The maximum absolute atomic E-state index is 13.8. The molecule has 26 heavy (non-hydrogen) atoms. The van der Waals surface area contributed by atoms with Gasteiger partial charge < -0.3 is 14.4 Å². The molecule has 1 unspecified atom stereocenters. The minimum Gasteiger partial charge on any atom is -0.480 e. The number of rotatable bonds is 7. The fraction of sp³-hybridized carbons (Fsp3) is 0.562. The van der Waals surface area contributed by atoms with Gasteiger partial charge in [-0.2, -0.15) is 0 Å². The lowest BCUT2D eigenvalue weighted by Crippen LogP contribution is -2.49. The highest BCUT2D eigenvalue weighted by molar-refractivity contribution is 7.88. The molecule has 1 heterocycles. The Morgan fingerprint density at radius 1 is 1.38 bits per heavy atom. The Morgan fingerprint density at radius 2 is 2.08 bits per heavy atom. The van der Waals surface area contributed by atoms with E-state index in [0.29, 0.717) is 19.0 Å². The number of sulfonamides is 1. The standard InChI is InChI=1S/C16H22F2N2O5S/c1-10-6-11(17)7-12(18)16(10)25-9-15(21)20-5-4-13(14(20)8-24-2)19-26(3,22)23/h6-7,13-14,19H,4-5,8-9H2,1-3H3/t13-,14?/m0/s1. The molecule has 0 aromatic heterocycles. The fourth-order valence-corrected chi connectivity index (χ4v) is 3.87. The Hall–Kier alpha value is -1.78. The summed E-state index contributed by atoms with van der Waals surface area (Å²) in [6.45, 7) is 1.48. The molecule has 1 aliphatic heterocycles. The molecule has 1 fully saturated rings. The maximum atomic E-state index is 13.8. The number of carbonyl (C=O) groups excluding carboxylic acids is 1. The van der Waals surface area contributed by atoms with Gasteiger partial charge in [-0.25, -0.2) is 21.9 Å². The number of benzene rings is 1. The summed E-state index contributed by atoms with van der Waals surface area (Å²) < 4.78 is 62.7. The van der Waals surface area contributed by atoms with Gasteiger partial charge in [0.15, 0.2) is 18.2 Å². The van der Waals surface area contributed by atoms with Crippen molar-refractivity contribution in [3.63, 3.8) is 0 Å². The van der Waals surface area contributed by atoms with Crippen LogP contribution in [0, 0.1) is 18.6 Å². The number of methoxy groups -OCH3 is 1. The van der Waals surface area contributed by atoms with Gasteiger partial charge in [-0.05, 0) is 25.0 Å². The summed E-state index contributed by atoms with van der Waals surface area (Å²) in [6, 6.07) is 0.823. The van der Waals surface area contributed by atoms with Gasteiger partial charge in [-0.3, -0.25) is 4.79 Å². The van der Waals surface area contributed by atoms with Gasteiger partial charge in [-0.1, -0.05) is 0 Å². The number of hydrogen-bond acceptors (Lipinski definition) is 5. The van der Waals surface area contributed by atoms with E-state index in [1.807, 2.05) is 0 Å². The molecule has 1 N–H and O–H groups in total. The average Bonchev–Trinajstić information content (AvgIpc) is 2.87. The largest absolute Gasteiger partial charge is 0.480 e. The van der Waals surface area contributed by atoms with Gasteiger partial charge >= 0.3 is 0 Å². The highest BCUT2D eigenvalue weighted by atomic mass is 32.2. The van der Waals surface area contributed by atoms with Crippen LogP contribution in [-0.4, -0.2) is 64.4 Å². The summed E-state index contributed by atoms with van der Waals surface area (Å²) >= 11 is 0. The number of carbonyl (C=O) groups is 1. The summed E-state index contributed by atoms with van der Waals surface area (Å²) in [5.41, 5.74) is 0.238. The summed E-state index contributed by atoms with van der Waals surface area (Å²) in [5.74, 6) is -2.24. The molecular formula is C16H22F2N2O5S. The van der Waals surface area contributed by atoms with Crippen molar-refractivity contribution < 1.29 is 31.5 Å². The number of halogens is 2. The van der Waals surface area contributed by atoms with E-state index >= 15 is 0 Å². The van der Waals surface area contributed by atoms with Crippen molar-refractivity contribution in [3.05, 3.63) is 29.3 Å². The summed E-state index contributed by atoms with van der Waals surface area (Å²) in [5, 5.41) is 0. The van der Waals surface area contributed by atoms with Gasteiger partial charge in [-0.15, -0.1) is 0 Å². The molecular weight excluding hydrogens is 370 g/mol. The predicted molar refractivity (Wildman–Crippen MR) is 90.4 cm³/mol. The second-order valence-electron chi connectivity index (χ2n) is 6.22. The quantitative estimate of drug-likeness (QED) is 0.743. The molecule has 2 rings (SSSR count). The Bertz CT molecular complexity index is 749. The van der Waals surface area contributed by atoms with Crippen molar-refractivity contribution in [2.45, 2.75) is 25.4 Å². The van der Waals surface area contributed by atoms with Crippen LogP contribution in [0.1, 0.15) is 12.0 Å². The monoisotopic (exact) mass is 392 g/mol. The van der Waals surface area contributed by atoms with E-state index in [2.05, 4.69) is 4.72 Å². The zero-order valence-electron chi connectivity index (χ0n) is 14.8. The molecule has 1 aliphatic rings. The van der Waals surface area contributed by atoms with Crippen molar-refractivity contribution in [1.29, 1.82) is 0 Å². The first kappa shape index (κ1) is 20.5. The van der Waals surface area contributed by atoms with E-state index in [-0.39, 0.29) is 17.9 Å². The van der Waals surface area contributed by atoms with Crippen molar-refractivity contribution in [3.8, 4) is 5.75 Å². The molecule has 1 saturated heterocycles. The number of likely N-dealkylation sites (tertiary alicyclic amines) is 1. The minimum atomic E-state index is -3.44. The van der Waals surface area contributed by atoms with Crippen LogP contribution in [0.5, 0.6) is 5.75 Å². The third-order valence-electron chi connectivity index (χ3n) is 4.10. The Balaban J connectivity index is 2.06. The first-order valence-corrected chi connectivity index (χ1v) is 9.85. The first-order chi connectivity index (χ1) is 12.1. The third-order valence-corrected chi connectivity index (χ3v) is 4.83. The Morgan fingerprint density at radius 3 is 2.65 bits per heavy atom. The second kappa shape index (κ2) is 8.28. The first-order valence-electron chi connectivity index (χ1n) is 7.96. The predicted octanol–water partition coefficient (Wildman–Crippen LogP) is 0.817. The van der Waals surface area contributed by atoms with Crippen LogP contribution in [0.4, 0.5) is 8.78 Å². The van der Waals surface area contributed by atoms with Gasteiger partial charge in [0.05, 0.1) is 18.9 Å². The van der Waals surface area contributed by atoms with Gasteiger partial charge in [0, 0.05) is 25.8 Å². The van der Waals surface area contributed by atoms with E-state index in [4.69, 9.17) is 9.47 Å². The molecule has 1 aromatic rings. The van der Waals surface area contributed by atoms with Crippen molar-refractivity contribution in [2.24, 2.45) is 0 Å². The van der Waals surface area contributed by atoms with Crippen LogP contribution in [0.25, 0.3) is 0 Å². The molecule has 7 nitrogen and oxygen atoms in total. The van der Waals surface area contributed by atoms with Gasteiger partial charge in [0.25, 0.3) is 5.91 Å². The molecule has 146 valence electrons.